The zero-order valence-electron chi connectivity index (χ0n) is 9.84. The van der Waals surface area contributed by atoms with Crippen molar-refractivity contribution in [1.29, 1.82) is 0 Å². The summed E-state index contributed by atoms with van der Waals surface area (Å²) >= 11 is 0. The Bertz CT molecular complexity index is 433. The number of carbonyl (C=O) groups is 1. The Balaban J connectivity index is 2.06. The van der Waals surface area contributed by atoms with E-state index in [-0.39, 0.29) is 6.79 Å². The van der Waals surface area contributed by atoms with Crippen molar-refractivity contribution in [3.05, 3.63) is 23.8 Å². The Morgan fingerprint density at radius 1 is 1.47 bits per heavy atom. The largest absolute Gasteiger partial charge is 0.480 e. The average molecular weight is 237 g/mol. The van der Waals surface area contributed by atoms with Crippen LogP contribution in [0.4, 0.5) is 0 Å². The number of fused-ring (bicyclic) bond motifs is 1. The molecule has 1 aliphatic heterocycles. The molecule has 2 rings (SSSR count). The highest BCUT2D eigenvalue weighted by molar-refractivity contribution is 5.72. The summed E-state index contributed by atoms with van der Waals surface area (Å²) in [4.78, 5) is 12.6. The monoisotopic (exact) mass is 237 g/mol. The quantitative estimate of drug-likeness (QED) is 0.855. The van der Waals surface area contributed by atoms with Gasteiger partial charge in [-0.2, -0.15) is 0 Å². The molecular formula is C12H15NO4. The number of carboxylic acids is 1. The molecule has 0 unspecified atom stereocenters. The van der Waals surface area contributed by atoms with Gasteiger partial charge in [0, 0.05) is 6.54 Å². The molecule has 1 aromatic rings. The number of ether oxygens (including phenoxy) is 2. The van der Waals surface area contributed by atoms with E-state index in [9.17, 15) is 4.79 Å². The standard InChI is InChI=1S/C12H15NO4/c1-8(12(14)15)13(2)6-9-3-4-10-11(5-9)17-7-16-10/h3-5,8H,6-7H2,1-2H3,(H,14,15)/t8-/m1/s1. The Kier molecular flexibility index (Phi) is 3.19. The highest BCUT2D eigenvalue weighted by atomic mass is 16.7. The van der Waals surface area contributed by atoms with Crippen LogP contribution in [-0.2, 0) is 11.3 Å². The molecule has 92 valence electrons. The third kappa shape index (κ3) is 2.50. The highest BCUT2D eigenvalue weighted by Crippen LogP contribution is 2.32. The van der Waals surface area contributed by atoms with Gasteiger partial charge < -0.3 is 14.6 Å². The van der Waals surface area contributed by atoms with Crippen molar-refractivity contribution in [3.63, 3.8) is 0 Å². The van der Waals surface area contributed by atoms with Crippen molar-refractivity contribution < 1.29 is 19.4 Å². The molecule has 5 nitrogen and oxygen atoms in total. The lowest BCUT2D eigenvalue weighted by Gasteiger charge is -2.21. The molecule has 0 aromatic heterocycles. The summed E-state index contributed by atoms with van der Waals surface area (Å²) in [5.41, 5.74) is 1.00. The summed E-state index contributed by atoms with van der Waals surface area (Å²) in [7, 11) is 1.78. The molecule has 5 heteroatoms. The minimum Gasteiger partial charge on any atom is -0.480 e. The molecule has 0 fully saturated rings. The third-order valence-electron chi connectivity index (χ3n) is 2.89. The van der Waals surface area contributed by atoms with E-state index in [4.69, 9.17) is 14.6 Å². The van der Waals surface area contributed by atoms with Crippen LogP contribution >= 0.6 is 0 Å². The van der Waals surface area contributed by atoms with Gasteiger partial charge in [-0.3, -0.25) is 9.69 Å². The molecule has 0 aliphatic carbocycles. The maximum Gasteiger partial charge on any atom is 0.320 e. The molecule has 0 saturated carbocycles. The maximum absolute atomic E-state index is 10.8. The summed E-state index contributed by atoms with van der Waals surface area (Å²) < 4.78 is 10.5. The first kappa shape index (κ1) is 11.7. The van der Waals surface area contributed by atoms with Crippen LogP contribution in [0.5, 0.6) is 11.5 Å². The second-order valence-electron chi connectivity index (χ2n) is 4.12. The number of benzene rings is 1. The molecule has 0 saturated heterocycles. The Labute approximate surface area is 99.6 Å². The first-order chi connectivity index (χ1) is 8.08. The van der Waals surface area contributed by atoms with Crippen LogP contribution in [0.25, 0.3) is 0 Å². The van der Waals surface area contributed by atoms with Crippen LogP contribution in [-0.4, -0.2) is 35.9 Å². The smallest absolute Gasteiger partial charge is 0.320 e. The van der Waals surface area contributed by atoms with Crippen molar-refractivity contribution in [1.82, 2.24) is 4.90 Å². The summed E-state index contributed by atoms with van der Waals surface area (Å²) in [6, 6.07) is 5.13. The highest BCUT2D eigenvalue weighted by Gasteiger charge is 2.18. The van der Waals surface area contributed by atoms with Crippen LogP contribution in [0.3, 0.4) is 0 Å². The summed E-state index contributed by atoms with van der Waals surface area (Å²) in [6.45, 7) is 2.47. The minimum absolute atomic E-state index is 0.250. The zero-order valence-corrected chi connectivity index (χ0v) is 9.84. The van der Waals surface area contributed by atoms with Crippen LogP contribution in [0.2, 0.25) is 0 Å². The molecule has 0 radical (unpaired) electrons. The van der Waals surface area contributed by atoms with E-state index >= 15 is 0 Å². The van der Waals surface area contributed by atoms with Gasteiger partial charge >= 0.3 is 5.97 Å². The number of rotatable bonds is 4. The molecule has 1 aromatic carbocycles. The van der Waals surface area contributed by atoms with Gasteiger partial charge in [-0.25, -0.2) is 0 Å². The van der Waals surface area contributed by atoms with Gasteiger partial charge in [-0.1, -0.05) is 6.07 Å². The minimum atomic E-state index is -0.826. The number of hydrogen-bond acceptors (Lipinski definition) is 4. The lowest BCUT2D eigenvalue weighted by molar-refractivity contribution is -0.142. The van der Waals surface area contributed by atoms with E-state index in [2.05, 4.69) is 0 Å². The normalized spacial score (nSPS) is 15.0. The fourth-order valence-electron chi connectivity index (χ4n) is 1.65. The Morgan fingerprint density at radius 2 is 2.18 bits per heavy atom. The molecule has 17 heavy (non-hydrogen) atoms. The molecule has 1 N–H and O–H groups in total. The topological polar surface area (TPSA) is 59.0 Å². The van der Waals surface area contributed by atoms with Crippen LogP contribution < -0.4 is 9.47 Å². The number of likely N-dealkylation sites (N-methyl/N-ethyl adjacent to an activating group) is 1. The molecule has 1 heterocycles. The van der Waals surface area contributed by atoms with E-state index in [1.807, 2.05) is 18.2 Å². The van der Waals surface area contributed by atoms with Gasteiger partial charge in [-0.15, -0.1) is 0 Å². The van der Waals surface area contributed by atoms with Crippen molar-refractivity contribution in [2.45, 2.75) is 19.5 Å². The third-order valence-corrected chi connectivity index (χ3v) is 2.89. The Hall–Kier alpha value is -1.75. The van der Waals surface area contributed by atoms with Gasteiger partial charge in [0.05, 0.1) is 0 Å². The maximum atomic E-state index is 10.8. The lowest BCUT2D eigenvalue weighted by Crippen LogP contribution is -2.35. The van der Waals surface area contributed by atoms with Gasteiger partial charge in [-0.05, 0) is 31.7 Å². The number of nitrogens with zero attached hydrogens (tertiary/aromatic N) is 1. The number of carboxylic acid groups (broad SMARTS) is 1. The van der Waals surface area contributed by atoms with E-state index in [0.29, 0.717) is 6.54 Å². The van der Waals surface area contributed by atoms with E-state index in [0.717, 1.165) is 17.1 Å². The summed E-state index contributed by atoms with van der Waals surface area (Å²) in [5.74, 6) is 0.634. The lowest BCUT2D eigenvalue weighted by atomic mass is 10.1. The Morgan fingerprint density at radius 3 is 2.88 bits per heavy atom. The fraction of sp³-hybridized carbons (Fsp3) is 0.417. The first-order valence-electron chi connectivity index (χ1n) is 5.39. The van der Waals surface area contributed by atoms with Crippen molar-refractivity contribution in [2.24, 2.45) is 0 Å². The molecular weight excluding hydrogens is 222 g/mol. The second-order valence-corrected chi connectivity index (χ2v) is 4.12. The van der Waals surface area contributed by atoms with Crippen molar-refractivity contribution in [3.8, 4) is 11.5 Å². The van der Waals surface area contributed by atoms with Gasteiger partial charge in [0.1, 0.15) is 6.04 Å². The molecule has 0 bridgehead atoms. The van der Waals surface area contributed by atoms with E-state index < -0.39 is 12.0 Å². The number of hydrogen-bond donors (Lipinski definition) is 1. The molecule has 0 spiro atoms. The predicted octanol–water partition coefficient (Wildman–Crippen LogP) is 1.32. The summed E-state index contributed by atoms with van der Waals surface area (Å²) in [6.07, 6.45) is 0. The van der Waals surface area contributed by atoms with E-state index in [1.165, 1.54) is 0 Å². The molecule has 1 atom stereocenters. The SMILES string of the molecule is C[C@H](C(=O)O)N(C)Cc1ccc2c(c1)OCO2. The predicted molar refractivity (Wildman–Crippen MR) is 61.1 cm³/mol. The van der Waals surface area contributed by atoms with Crippen molar-refractivity contribution in [2.75, 3.05) is 13.8 Å². The van der Waals surface area contributed by atoms with Crippen LogP contribution in [0.1, 0.15) is 12.5 Å². The molecule has 0 amide bonds. The molecule has 1 aliphatic rings. The van der Waals surface area contributed by atoms with Crippen LogP contribution in [0, 0.1) is 0 Å². The summed E-state index contributed by atoms with van der Waals surface area (Å²) in [5, 5.41) is 8.90. The van der Waals surface area contributed by atoms with Crippen molar-refractivity contribution >= 4 is 5.97 Å². The first-order valence-corrected chi connectivity index (χ1v) is 5.39. The van der Waals surface area contributed by atoms with Gasteiger partial charge in [0.15, 0.2) is 11.5 Å². The zero-order chi connectivity index (χ0) is 12.4. The fourth-order valence-corrected chi connectivity index (χ4v) is 1.65. The van der Waals surface area contributed by atoms with Crippen LogP contribution in [0.15, 0.2) is 18.2 Å². The number of aliphatic carboxylic acids is 1. The average Bonchev–Trinajstić information content (AvgIpc) is 2.74. The van der Waals surface area contributed by atoms with Gasteiger partial charge in [0.2, 0.25) is 6.79 Å². The van der Waals surface area contributed by atoms with Gasteiger partial charge in [0.25, 0.3) is 0 Å². The van der Waals surface area contributed by atoms with E-state index in [1.54, 1.807) is 18.9 Å². The second kappa shape index (κ2) is 4.63.